The summed E-state index contributed by atoms with van der Waals surface area (Å²) in [4.78, 5) is 5.78. The Hall–Kier alpha value is -0.400. The summed E-state index contributed by atoms with van der Waals surface area (Å²) in [6.45, 7) is 12.0. The van der Waals surface area contributed by atoms with Gasteiger partial charge in [0.1, 0.15) is 0 Å². The summed E-state index contributed by atoms with van der Waals surface area (Å²) < 4.78 is 0. The average Bonchev–Trinajstić information content (AvgIpc) is 2.59. The minimum Gasteiger partial charge on any atom is -0.395 e. The van der Waals surface area contributed by atoms with Gasteiger partial charge in [0.15, 0.2) is 0 Å². The highest BCUT2D eigenvalue weighted by molar-refractivity contribution is 4.70. The van der Waals surface area contributed by atoms with Gasteiger partial charge in [-0.2, -0.15) is 0 Å². The van der Waals surface area contributed by atoms with Crippen LogP contribution in [0.15, 0.2) is 0 Å². The monoisotopic (exact) mass is 441 g/mol. The second kappa shape index (κ2) is 20.5. The molecule has 184 valence electrons. The lowest BCUT2D eigenvalue weighted by Gasteiger charge is -2.30. The number of aliphatic hydroxyl groups is 7. The third-order valence-corrected chi connectivity index (χ3v) is 4.07. The Balaban J connectivity index is 0. The Labute approximate surface area is 182 Å². The van der Waals surface area contributed by atoms with Crippen LogP contribution in [0.25, 0.3) is 0 Å². The van der Waals surface area contributed by atoms with Crippen molar-refractivity contribution in [3.05, 3.63) is 0 Å². The molecule has 0 saturated carbocycles. The van der Waals surface area contributed by atoms with Crippen LogP contribution in [-0.4, -0.2) is 154 Å². The van der Waals surface area contributed by atoms with Crippen molar-refractivity contribution in [2.24, 2.45) is 0 Å². The molecule has 7 N–H and O–H groups in total. The Morgan fingerprint density at radius 2 is 0.667 bits per heavy atom. The number of hydrogen-bond acceptors (Lipinski definition) is 10. The number of nitrogens with zero attached hydrogens (tertiary/aromatic N) is 3. The van der Waals surface area contributed by atoms with Crippen molar-refractivity contribution in [1.82, 2.24) is 14.7 Å². The fourth-order valence-corrected chi connectivity index (χ4v) is 3.05. The first kappa shape index (κ1) is 31.8. The molecule has 0 fully saturated rings. The number of aliphatic hydroxyl groups excluding tert-OH is 7. The molecule has 0 saturated heterocycles. The molecule has 4 unspecified atom stereocenters. The van der Waals surface area contributed by atoms with Gasteiger partial charge in [-0.15, -0.1) is 0 Å². The van der Waals surface area contributed by atoms with Gasteiger partial charge < -0.3 is 35.7 Å². The minimum atomic E-state index is -0.448. The van der Waals surface area contributed by atoms with Crippen molar-refractivity contribution in [3.63, 3.8) is 0 Å². The second-order valence-electron chi connectivity index (χ2n) is 7.93. The zero-order chi connectivity index (χ0) is 23.5. The van der Waals surface area contributed by atoms with E-state index in [0.717, 1.165) is 0 Å². The maximum atomic E-state index is 9.47. The number of hydrogen-bond donors (Lipinski definition) is 7. The maximum Gasteiger partial charge on any atom is 0.0639 e. The number of rotatable bonds is 17. The molecule has 0 spiro atoms. The summed E-state index contributed by atoms with van der Waals surface area (Å²) in [6.07, 6.45) is -1.79. The molecular weight excluding hydrogens is 394 g/mol. The molecule has 10 nitrogen and oxygen atoms in total. The second-order valence-corrected chi connectivity index (χ2v) is 7.93. The standard InChI is InChI=1S/C14H32N2O4.C6H15NO3/c1-11(17)7-15(8-12(2)18)5-6-16(9-13(3)19)10-14(4)20;8-4-1-7(2-5-9)3-6-10/h11-14,17-20H,5-10H2,1-4H3;8-10H,1-6H2. The Morgan fingerprint density at radius 3 is 0.833 bits per heavy atom. The molecular formula is C20H47N3O7. The highest BCUT2D eigenvalue weighted by Gasteiger charge is 2.15. The van der Waals surface area contributed by atoms with Crippen LogP contribution in [0, 0.1) is 0 Å². The lowest BCUT2D eigenvalue weighted by Crippen LogP contribution is -2.44. The van der Waals surface area contributed by atoms with Crippen LogP contribution < -0.4 is 0 Å². The Kier molecular flexibility index (Phi) is 21.7. The van der Waals surface area contributed by atoms with Crippen LogP contribution >= 0.6 is 0 Å². The van der Waals surface area contributed by atoms with Crippen LogP contribution in [0.2, 0.25) is 0 Å². The fraction of sp³-hybridized carbons (Fsp3) is 1.00. The predicted molar refractivity (Wildman–Crippen MR) is 117 cm³/mol. The van der Waals surface area contributed by atoms with Gasteiger partial charge in [-0.25, -0.2) is 0 Å². The van der Waals surface area contributed by atoms with Crippen molar-refractivity contribution in [1.29, 1.82) is 0 Å². The molecule has 0 amide bonds. The zero-order valence-electron chi connectivity index (χ0n) is 19.3. The molecule has 0 aliphatic carbocycles. The van der Waals surface area contributed by atoms with Crippen molar-refractivity contribution in [2.75, 3.05) is 78.7 Å². The van der Waals surface area contributed by atoms with E-state index in [1.807, 2.05) is 9.80 Å². The molecule has 0 aliphatic rings. The van der Waals surface area contributed by atoms with E-state index >= 15 is 0 Å². The van der Waals surface area contributed by atoms with Gasteiger partial charge in [-0.05, 0) is 27.7 Å². The minimum absolute atomic E-state index is 0.0694. The molecule has 30 heavy (non-hydrogen) atoms. The summed E-state index contributed by atoms with van der Waals surface area (Å²) in [5, 5.41) is 63.4. The van der Waals surface area contributed by atoms with Gasteiger partial charge in [0.25, 0.3) is 0 Å². The van der Waals surface area contributed by atoms with E-state index in [9.17, 15) is 20.4 Å². The van der Waals surface area contributed by atoms with Crippen LogP contribution in [0.5, 0.6) is 0 Å². The molecule has 0 aromatic rings. The smallest absolute Gasteiger partial charge is 0.0639 e. The predicted octanol–water partition coefficient (Wildman–Crippen LogP) is -2.62. The maximum absolute atomic E-state index is 9.47. The van der Waals surface area contributed by atoms with Gasteiger partial charge in [0, 0.05) is 58.9 Å². The molecule has 0 radical (unpaired) electrons. The molecule has 0 rings (SSSR count). The average molecular weight is 442 g/mol. The molecule has 0 aliphatic heterocycles. The van der Waals surface area contributed by atoms with E-state index in [2.05, 4.69) is 0 Å². The first-order chi connectivity index (χ1) is 14.0. The summed E-state index contributed by atoms with van der Waals surface area (Å²) >= 11 is 0. The van der Waals surface area contributed by atoms with Gasteiger partial charge >= 0.3 is 0 Å². The first-order valence-electron chi connectivity index (χ1n) is 10.8. The fourth-order valence-electron chi connectivity index (χ4n) is 3.05. The normalized spacial score (nSPS) is 15.8. The summed E-state index contributed by atoms with van der Waals surface area (Å²) in [6, 6.07) is 0. The molecule has 0 aromatic carbocycles. The summed E-state index contributed by atoms with van der Waals surface area (Å²) in [5.41, 5.74) is 0. The van der Waals surface area contributed by atoms with Crippen molar-refractivity contribution in [3.8, 4) is 0 Å². The summed E-state index contributed by atoms with van der Waals surface area (Å²) in [7, 11) is 0. The first-order valence-corrected chi connectivity index (χ1v) is 10.8. The highest BCUT2D eigenvalue weighted by atomic mass is 16.3. The van der Waals surface area contributed by atoms with Gasteiger partial charge in [0.05, 0.1) is 44.2 Å². The van der Waals surface area contributed by atoms with Crippen LogP contribution in [0.3, 0.4) is 0 Å². The Bertz CT molecular complexity index is 303. The van der Waals surface area contributed by atoms with Crippen molar-refractivity contribution < 1.29 is 35.7 Å². The largest absolute Gasteiger partial charge is 0.395 e. The van der Waals surface area contributed by atoms with Crippen molar-refractivity contribution in [2.45, 2.75) is 52.1 Å². The summed E-state index contributed by atoms with van der Waals surface area (Å²) in [5.74, 6) is 0. The lowest BCUT2D eigenvalue weighted by molar-refractivity contribution is 0.0542. The van der Waals surface area contributed by atoms with E-state index in [0.29, 0.717) is 58.9 Å². The van der Waals surface area contributed by atoms with Gasteiger partial charge in [0.2, 0.25) is 0 Å². The zero-order valence-corrected chi connectivity index (χ0v) is 19.3. The van der Waals surface area contributed by atoms with Gasteiger partial charge in [-0.3, -0.25) is 14.7 Å². The molecule has 0 aromatic heterocycles. The molecule has 10 heteroatoms. The third kappa shape index (κ3) is 22.3. The topological polar surface area (TPSA) is 151 Å². The van der Waals surface area contributed by atoms with Gasteiger partial charge in [-0.1, -0.05) is 0 Å². The molecule has 0 bridgehead atoms. The van der Waals surface area contributed by atoms with Crippen molar-refractivity contribution >= 4 is 0 Å². The SMILES string of the molecule is CC(O)CN(CCN(CC(C)O)CC(C)O)CC(C)O.OCCN(CCO)CCO. The quantitative estimate of drug-likeness (QED) is 0.128. The van der Waals surface area contributed by atoms with E-state index in [1.54, 1.807) is 32.6 Å². The molecule has 4 atom stereocenters. The van der Waals surface area contributed by atoms with E-state index in [1.165, 1.54) is 0 Å². The van der Waals surface area contributed by atoms with E-state index in [4.69, 9.17) is 15.3 Å². The third-order valence-electron chi connectivity index (χ3n) is 4.07. The van der Waals surface area contributed by atoms with Crippen LogP contribution in [0.1, 0.15) is 27.7 Å². The van der Waals surface area contributed by atoms with Crippen LogP contribution in [-0.2, 0) is 0 Å². The van der Waals surface area contributed by atoms with Crippen LogP contribution in [0.4, 0.5) is 0 Å². The molecule has 0 heterocycles. The van der Waals surface area contributed by atoms with E-state index in [-0.39, 0.29) is 19.8 Å². The highest BCUT2D eigenvalue weighted by Crippen LogP contribution is 2.00. The lowest BCUT2D eigenvalue weighted by atomic mass is 10.2. The van der Waals surface area contributed by atoms with E-state index < -0.39 is 24.4 Å². The Morgan fingerprint density at radius 1 is 0.433 bits per heavy atom.